The molecule has 1 aliphatic rings. The molecule has 0 saturated carbocycles. The lowest BCUT2D eigenvalue weighted by Crippen LogP contribution is -2.37. The van der Waals surface area contributed by atoms with E-state index in [1.54, 1.807) is 12.1 Å². The first-order chi connectivity index (χ1) is 13.5. The maximum absolute atomic E-state index is 13.0. The number of phenols is 1. The van der Waals surface area contributed by atoms with E-state index >= 15 is 0 Å². The number of amides is 1. The van der Waals surface area contributed by atoms with E-state index < -0.39 is 5.97 Å². The van der Waals surface area contributed by atoms with Crippen molar-refractivity contribution in [2.75, 3.05) is 20.3 Å². The van der Waals surface area contributed by atoms with Crippen LogP contribution in [0.4, 0.5) is 0 Å². The fourth-order valence-electron chi connectivity index (χ4n) is 3.27. The zero-order valence-electron chi connectivity index (χ0n) is 15.6. The topological polar surface area (TPSA) is 76.1 Å². The second-order valence-electron chi connectivity index (χ2n) is 6.61. The molecule has 0 aromatic heterocycles. The minimum atomic E-state index is -0.542. The van der Waals surface area contributed by atoms with Crippen molar-refractivity contribution in [2.24, 2.45) is 0 Å². The lowest BCUT2D eigenvalue weighted by Gasteiger charge is -2.28. The molecule has 0 bridgehead atoms. The molecular weight excluding hydrogens is 382 g/mol. The molecule has 3 rings (SSSR count). The second kappa shape index (κ2) is 9.08. The summed E-state index contributed by atoms with van der Waals surface area (Å²) in [7, 11) is 1.27. The number of esters is 1. The van der Waals surface area contributed by atoms with Crippen molar-refractivity contribution >= 4 is 23.5 Å². The van der Waals surface area contributed by atoms with Crippen LogP contribution in [-0.2, 0) is 32.0 Å². The van der Waals surface area contributed by atoms with E-state index in [0.29, 0.717) is 17.2 Å². The number of hydrogen-bond donors (Lipinski definition) is 1. The summed E-state index contributed by atoms with van der Waals surface area (Å²) in [6.07, 6.45) is 0.531. The summed E-state index contributed by atoms with van der Waals surface area (Å²) < 4.78 is 10.5. The van der Waals surface area contributed by atoms with Gasteiger partial charge < -0.3 is 19.5 Å². The van der Waals surface area contributed by atoms with Crippen molar-refractivity contribution in [3.05, 3.63) is 64.2 Å². The van der Waals surface area contributed by atoms with Crippen molar-refractivity contribution in [2.45, 2.75) is 25.5 Å². The molecule has 0 spiro atoms. The van der Waals surface area contributed by atoms with Crippen LogP contribution in [0.2, 0.25) is 5.02 Å². The quantitative estimate of drug-likeness (QED) is 0.749. The maximum atomic E-state index is 13.0. The van der Waals surface area contributed by atoms with Crippen LogP contribution in [-0.4, -0.2) is 42.1 Å². The van der Waals surface area contributed by atoms with Gasteiger partial charge in [-0.2, -0.15) is 0 Å². The third kappa shape index (κ3) is 4.82. The summed E-state index contributed by atoms with van der Waals surface area (Å²) in [6.45, 7) is 0.353. The Kier molecular flexibility index (Phi) is 6.54. The maximum Gasteiger partial charge on any atom is 0.325 e. The monoisotopic (exact) mass is 403 g/mol. The fourth-order valence-corrected chi connectivity index (χ4v) is 3.47. The summed E-state index contributed by atoms with van der Waals surface area (Å²) in [6, 6.07) is 12.5. The van der Waals surface area contributed by atoms with Gasteiger partial charge in [0.1, 0.15) is 12.3 Å². The normalized spacial score (nSPS) is 15.6. The number of carbonyl (C=O) groups is 2. The molecule has 1 heterocycles. The van der Waals surface area contributed by atoms with Crippen LogP contribution >= 0.6 is 11.6 Å². The van der Waals surface area contributed by atoms with Crippen LogP contribution in [0.3, 0.4) is 0 Å². The van der Waals surface area contributed by atoms with Crippen LogP contribution in [0, 0.1) is 0 Å². The van der Waals surface area contributed by atoms with Gasteiger partial charge in [0, 0.05) is 17.1 Å². The highest BCUT2D eigenvalue weighted by atomic mass is 35.5. The van der Waals surface area contributed by atoms with Crippen LogP contribution in [0.15, 0.2) is 42.5 Å². The largest absolute Gasteiger partial charge is 0.508 e. The Balaban J connectivity index is 1.79. The van der Waals surface area contributed by atoms with E-state index in [9.17, 15) is 14.7 Å². The molecule has 1 atom stereocenters. The standard InChI is InChI=1S/C21H22ClNO5/c1-27-21(26)13-23(12-15-10-16(22)6-7-18(15)24)20(25)11-19-17-5-3-2-4-14(17)8-9-28-19/h2-7,10,19,24H,8-9,11-13H2,1H3/t19-/m0/s1. The van der Waals surface area contributed by atoms with Gasteiger partial charge in [0.15, 0.2) is 0 Å². The summed E-state index contributed by atoms with van der Waals surface area (Å²) in [4.78, 5) is 26.2. The van der Waals surface area contributed by atoms with Crippen LogP contribution in [0.25, 0.3) is 0 Å². The summed E-state index contributed by atoms with van der Waals surface area (Å²) in [5.74, 6) is -0.808. The molecule has 1 amide bonds. The van der Waals surface area contributed by atoms with E-state index in [4.69, 9.17) is 21.1 Å². The number of rotatable bonds is 6. The van der Waals surface area contributed by atoms with E-state index in [2.05, 4.69) is 0 Å². The SMILES string of the molecule is COC(=O)CN(Cc1cc(Cl)ccc1O)C(=O)C[C@@H]1OCCc2ccccc21. The van der Waals surface area contributed by atoms with E-state index in [0.717, 1.165) is 12.0 Å². The van der Waals surface area contributed by atoms with Gasteiger partial charge in [-0.05, 0) is 35.7 Å². The minimum absolute atomic E-state index is 0.00586. The molecule has 0 radical (unpaired) electrons. The molecule has 0 aliphatic carbocycles. The molecule has 28 heavy (non-hydrogen) atoms. The van der Waals surface area contributed by atoms with Crippen molar-refractivity contribution in [3.63, 3.8) is 0 Å². The van der Waals surface area contributed by atoms with Crippen molar-refractivity contribution < 1.29 is 24.2 Å². The van der Waals surface area contributed by atoms with E-state index in [-0.39, 0.29) is 37.3 Å². The fraction of sp³-hybridized carbons (Fsp3) is 0.333. The molecule has 6 nitrogen and oxygen atoms in total. The highest BCUT2D eigenvalue weighted by molar-refractivity contribution is 6.30. The zero-order valence-corrected chi connectivity index (χ0v) is 16.3. The van der Waals surface area contributed by atoms with Gasteiger partial charge in [-0.1, -0.05) is 35.9 Å². The van der Waals surface area contributed by atoms with Gasteiger partial charge in [0.05, 0.1) is 26.2 Å². The van der Waals surface area contributed by atoms with Gasteiger partial charge in [-0.3, -0.25) is 9.59 Å². The molecule has 0 unspecified atom stereocenters. The summed E-state index contributed by atoms with van der Waals surface area (Å²) in [5.41, 5.74) is 2.61. The Bertz CT molecular complexity index is 870. The number of phenolic OH excluding ortho intramolecular Hbond substituents is 1. The number of methoxy groups -OCH3 is 1. The van der Waals surface area contributed by atoms with Crippen LogP contribution < -0.4 is 0 Å². The third-order valence-electron chi connectivity index (χ3n) is 4.76. The number of carbonyl (C=O) groups excluding carboxylic acids is 2. The van der Waals surface area contributed by atoms with Crippen LogP contribution in [0.5, 0.6) is 5.75 Å². The van der Waals surface area contributed by atoms with Gasteiger partial charge in [-0.15, -0.1) is 0 Å². The summed E-state index contributed by atoms with van der Waals surface area (Å²) in [5, 5.41) is 10.5. The number of halogens is 1. The molecule has 2 aromatic carbocycles. The third-order valence-corrected chi connectivity index (χ3v) is 4.99. The zero-order chi connectivity index (χ0) is 20.1. The van der Waals surface area contributed by atoms with E-state index in [1.807, 2.05) is 24.3 Å². The Morgan fingerprint density at radius 1 is 1.29 bits per heavy atom. The lowest BCUT2D eigenvalue weighted by atomic mass is 9.95. The first kappa shape index (κ1) is 20.2. The van der Waals surface area contributed by atoms with Crippen molar-refractivity contribution in [3.8, 4) is 5.75 Å². The minimum Gasteiger partial charge on any atom is -0.508 e. The van der Waals surface area contributed by atoms with Crippen LogP contribution in [0.1, 0.15) is 29.2 Å². The number of fused-ring (bicyclic) bond motifs is 1. The number of hydrogen-bond acceptors (Lipinski definition) is 5. The molecule has 2 aromatic rings. The van der Waals surface area contributed by atoms with Gasteiger partial charge >= 0.3 is 5.97 Å². The Labute approximate surface area is 168 Å². The highest BCUT2D eigenvalue weighted by Gasteiger charge is 2.27. The predicted molar refractivity (Wildman–Crippen MR) is 104 cm³/mol. The molecule has 1 N–H and O–H groups in total. The van der Waals surface area contributed by atoms with E-state index in [1.165, 1.54) is 23.6 Å². The highest BCUT2D eigenvalue weighted by Crippen LogP contribution is 2.30. The predicted octanol–water partition coefficient (Wildman–Crippen LogP) is 3.25. The molecule has 0 fully saturated rings. The van der Waals surface area contributed by atoms with Gasteiger partial charge in [0.25, 0.3) is 0 Å². The number of benzene rings is 2. The number of ether oxygens (including phenoxy) is 2. The summed E-state index contributed by atoms with van der Waals surface area (Å²) >= 11 is 6.00. The van der Waals surface area contributed by atoms with Gasteiger partial charge in [-0.25, -0.2) is 0 Å². The average Bonchev–Trinajstić information content (AvgIpc) is 2.70. The van der Waals surface area contributed by atoms with Crippen molar-refractivity contribution in [1.82, 2.24) is 4.90 Å². The Morgan fingerprint density at radius 2 is 2.07 bits per heavy atom. The molecule has 148 valence electrons. The molecular formula is C21H22ClNO5. The second-order valence-corrected chi connectivity index (χ2v) is 7.05. The first-order valence-corrected chi connectivity index (χ1v) is 9.37. The average molecular weight is 404 g/mol. The molecule has 7 heteroatoms. The van der Waals surface area contributed by atoms with Gasteiger partial charge in [0.2, 0.25) is 5.91 Å². The molecule has 0 saturated heterocycles. The first-order valence-electron chi connectivity index (χ1n) is 8.99. The number of nitrogens with zero attached hydrogens (tertiary/aromatic N) is 1. The number of aromatic hydroxyl groups is 1. The Hall–Kier alpha value is -2.57. The lowest BCUT2D eigenvalue weighted by molar-refractivity contribution is -0.148. The smallest absolute Gasteiger partial charge is 0.325 e. The van der Waals surface area contributed by atoms with Crippen molar-refractivity contribution in [1.29, 1.82) is 0 Å². The molecule has 1 aliphatic heterocycles. The Morgan fingerprint density at radius 3 is 2.86 bits per heavy atom.